The van der Waals surface area contributed by atoms with E-state index in [-0.39, 0.29) is 0 Å². The summed E-state index contributed by atoms with van der Waals surface area (Å²) in [5.74, 6) is 0.979. The van der Waals surface area contributed by atoms with Crippen molar-refractivity contribution in [1.82, 2.24) is 5.32 Å². The summed E-state index contributed by atoms with van der Waals surface area (Å²) in [6, 6.07) is 15.4. The van der Waals surface area contributed by atoms with Crippen LogP contribution in [0.4, 0.5) is 0 Å². The second kappa shape index (κ2) is 6.90. The maximum atomic E-state index is 3.61. The summed E-state index contributed by atoms with van der Waals surface area (Å²) in [6.45, 7) is 2.16. The smallest absolute Gasteiger partial charge is 0.0205 e. The van der Waals surface area contributed by atoms with Gasteiger partial charge in [0.2, 0.25) is 0 Å². The first-order chi connectivity index (χ1) is 9.92. The van der Waals surface area contributed by atoms with Crippen LogP contribution in [0.3, 0.4) is 0 Å². The molecule has 0 aliphatic heterocycles. The van der Waals surface area contributed by atoms with Crippen LogP contribution in [0.2, 0.25) is 0 Å². The number of benzene rings is 2. The van der Waals surface area contributed by atoms with Crippen LogP contribution in [0.1, 0.15) is 44.1 Å². The summed E-state index contributed by atoms with van der Waals surface area (Å²) in [4.78, 5) is 0. The van der Waals surface area contributed by atoms with E-state index in [1.165, 1.54) is 54.9 Å². The fraction of sp³-hybridized carbons (Fsp3) is 0.474. The Morgan fingerprint density at radius 1 is 0.900 bits per heavy atom. The van der Waals surface area contributed by atoms with E-state index in [4.69, 9.17) is 0 Å². The van der Waals surface area contributed by atoms with Gasteiger partial charge < -0.3 is 5.32 Å². The molecule has 1 aliphatic carbocycles. The SMILES string of the molecule is c1ccc2cc(CNCCC3CCCCC3)ccc2c1. The Balaban J connectivity index is 1.47. The van der Waals surface area contributed by atoms with Crippen molar-refractivity contribution in [2.45, 2.75) is 45.1 Å². The van der Waals surface area contributed by atoms with Crippen LogP contribution >= 0.6 is 0 Å². The highest BCUT2D eigenvalue weighted by Crippen LogP contribution is 2.25. The van der Waals surface area contributed by atoms with Crippen molar-refractivity contribution in [3.05, 3.63) is 48.0 Å². The highest BCUT2D eigenvalue weighted by Gasteiger charge is 2.12. The second-order valence-corrected chi connectivity index (χ2v) is 6.15. The number of rotatable bonds is 5. The first-order valence-electron chi connectivity index (χ1n) is 8.10. The molecule has 0 radical (unpaired) electrons. The number of fused-ring (bicyclic) bond motifs is 1. The second-order valence-electron chi connectivity index (χ2n) is 6.15. The third-order valence-electron chi connectivity index (χ3n) is 4.60. The minimum Gasteiger partial charge on any atom is -0.313 e. The van der Waals surface area contributed by atoms with Crippen molar-refractivity contribution >= 4 is 10.8 Å². The van der Waals surface area contributed by atoms with Crippen LogP contribution in [0.25, 0.3) is 10.8 Å². The molecule has 3 rings (SSSR count). The van der Waals surface area contributed by atoms with Crippen LogP contribution in [-0.4, -0.2) is 6.54 Å². The maximum Gasteiger partial charge on any atom is 0.0205 e. The molecule has 1 fully saturated rings. The van der Waals surface area contributed by atoms with Crippen LogP contribution in [0, 0.1) is 5.92 Å². The quantitative estimate of drug-likeness (QED) is 0.760. The summed E-state index contributed by atoms with van der Waals surface area (Å²) in [6.07, 6.45) is 8.63. The molecule has 1 nitrogen and oxygen atoms in total. The van der Waals surface area contributed by atoms with Gasteiger partial charge in [-0.05, 0) is 41.3 Å². The van der Waals surface area contributed by atoms with E-state index in [1.807, 2.05) is 0 Å². The molecule has 1 saturated carbocycles. The number of hydrogen-bond donors (Lipinski definition) is 1. The number of hydrogen-bond acceptors (Lipinski definition) is 1. The van der Waals surface area contributed by atoms with Crippen molar-refractivity contribution in [2.75, 3.05) is 6.54 Å². The lowest BCUT2D eigenvalue weighted by molar-refractivity contribution is 0.334. The van der Waals surface area contributed by atoms with Gasteiger partial charge in [0.25, 0.3) is 0 Å². The molecule has 20 heavy (non-hydrogen) atoms. The standard InChI is InChI=1S/C19H25N/c1-2-6-16(7-3-1)12-13-20-15-17-10-11-18-8-4-5-9-19(18)14-17/h4-5,8-11,14,16,20H,1-3,6-7,12-13,15H2. The van der Waals surface area contributed by atoms with Gasteiger partial charge in [0.15, 0.2) is 0 Å². The fourth-order valence-corrected chi connectivity index (χ4v) is 3.36. The Morgan fingerprint density at radius 2 is 1.70 bits per heavy atom. The molecule has 1 aliphatic rings. The Kier molecular flexibility index (Phi) is 4.70. The molecular weight excluding hydrogens is 242 g/mol. The summed E-state index contributed by atoms with van der Waals surface area (Å²) >= 11 is 0. The zero-order chi connectivity index (χ0) is 13.6. The van der Waals surface area contributed by atoms with Crippen LogP contribution in [-0.2, 0) is 6.54 Å². The highest BCUT2D eigenvalue weighted by atomic mass is 14.8. The lowest BCUT2D eigenvalue weighted by Crippen LogP contribution is -2.19. The predicted octanol–water partition coefficient (Wildman–Crippen LogP) is 4.90. The Morgan fingerprint density at radius 3 is 2.55 bits per heavy atom. The zero-order valence-electron chi connectivity index (χ0n) is 12.3. The van der Waals surface area contributed by atoms with Gasteiger partial charge in [0.1, 0.15) is 0 Å². The molecule has 1 heteroatoms. The average molecular weight is 267 g/mol. The Hall–Kier alpha value is -1.34. The van der Waals surface area contributed by atoms with Gasteiger partial charge in [0.05, 0.1) is 0 Å². The number of nitrogens with one attached hydrogen (secondary N) is 1. The van der Waals surface area contributed by atoms with E-state index >= 15 is 0 Å². The average Bonchev–Trinajstić information content (AvgIpc) is 2.52. The van der Waals surface area contributed by atoms with E-state index in [1.54, 1.807) is 0 Å². The summed E-state index contributed by atoms with van der Waals surface area (Å²) < 4.78 is 0. The van der Waals surface area contributed by atoms with Crippen molar-refractivity contribution < 1.29 is 0 Å². The zero-order valence-corrected chi connectivity index (χ0v) is 12.3. The first kappa shape index (κ1) is 13.6. The van der Waals surface area contributed by atoms with Gasteiger partial charge in [-0.1, -0.05) is 68.5 Å². The van der Waals surface area contributed by atoms with E-state index in [9.17, 15) is 0 Å². The molecule has 0 aromatic heterocycles. The molecule has 0 spiro atoms. The third kappa shape index (κ3) is 3.61. The minimum atomic E-state index is 0.979. The molecule has 106 valence electrons. The van der Waals surface area contributed by atoms with Gasteiger partial charge in [-0.2, -0.15) is 0 Å². The molecule has 0 heterocycles. The first-order valence-corrected chi connectivity index (χ1v) is 8.10. The van der Waals surface area contributed by atoms with Crippen molar-refractivity contribution in [1.29, 1.82) is 0 Å². The third-order valence-corrected chi connectivity index (χ3v) is 4.60. The monoisotopic (exact) mass is 267 g/mol. The molecular formula is C19H25N. The van der Waals surface area contributed by atoms with E-state index in [0.29, 0.717) is 0 Å². The van der Waals surface area contributed by atoms with Gasteiger partial charge in [-0.25, -0.2) is 0 Å². The molecule has 0 atom stereocenters. The summed E-state index contributed by atoms with van der Waals surface area (Å²) in [7, 11) is 0. The van der Waals surface area contributed by atoms with E-state index in [2.05, 4.69) is 47.8 Å². The molecule has 0 amide bonds. The normalized spacial score (nSPS) is 16.6. The molecule has 1 N–H and O–H groups in total. The summed E-state index contributed by atoms with van der Waals surface area (Å²) in [5, 5.41) is 6.29. The lowest BCUT2D eigenvalue weighted by atomic mass is 9.87. The van der Waals surface area contributed by atoms with E-state index in [0.717, 1.165) is 19.0 Å². The summed E-state index contributed by atoms with van der Waals surface area (Å²) in [5.41, 5.74) is 1.40. The van der Waals surface area contributed by atoms with Gasteiger partial charge in [-0.15, -0.1) is 0 Å². The van der Waals surface area contributed by atoms with Crippen molar-refractivity contribution in [3.8, 4) is 0 Å². The Labute approximate surface area is 122 Å². The van der Waals surface area contributed by atoms with Gasteiger partial charge in [-0.3, -0.25) is 0 Å². The lowest BCUT2D eigenvalue weighted by Gasteiger charge is -2.21. The van der Waals surface area contributed by atoms with Crippen LogP contribution in [0.15, 0.2) is 42.5 Å². The maximum absolute atomic E-state index is 3.61. The largest absolute Gasteiger partial charge is 0.313 e. The molecule has 2 aromatic carbocycles. The van der Waals surface area contributed by atoms with Crippen molar-refractivity contribution in [2.24, 2.45) is 5.92 Å². The van der Waals surface area contributed by atoms with Gasteiger partial charge in [0, 0.05) is 6.54 Å². The van der Waals surface area contributed by atoms with Gasteiger partial charge >= 0.3 is 0 Å². The molecule has 0 unspecified atom stereocenters. The topological polar surface area (TPSA) is 12.0 Å². The molecule has 0 bridgehead atoms. The molecule has 2 aromatic rings. The Bertz CT molecular complexity index is 540. The minimum absolute atomic E-state index is 0.979. The molecule has 0 saturated heterocycles. The van der Waals surface area contributed by atoms with Crippen molar-refractivity contribution in [3.63, 3.8) is 0 Å². The van der Waals surface area contributed by atoms with E-state index < -0.39 is 0 Å². The fourth-order valence-electron chi connectivity index (χ4n) is 3.36. The predicted molar refractivity (Wildman–Crippen MR) is 86.8 cm³/mol. The van der Waals surface area contributed by atoms with Crippen LogP contribution < -0.4 is 5.32 Å². The highest BCUT2D eigenvalue weighted by molar-refractivity contribution is 5.82. The van der Waals surface area contributed by atoms with Crippen LogP contribution in [0.5, 0.6) is 0 Å².